The zero-order valence-corrected chi connectivity index (χ0v) is 18.4. The summed E-state index contributed by atoms with van der Waals surface area (Å²) >= 11 is 0. The second-order valence-electron chi connectivity index (χ2n) is 8.55. The van der Waals surface area contributed by atoms with Gasteiger partial charge >= 0.3 is 11.9 Å². The number of piperidine rings is 1. The Morgan fingerprint density at radius 3 is 2.70 bits per heavy atom. The topological polar surface area (TPSA) is 67.7 Å². The molecule has 2 aliphatic rings. The summed E-state index contributed by atoms with van der Waals surface area (Å²) in [6.07, 6.45) is 1.86. The number of fused-ring (bicyclic) bond motifs is 3. The third-order valence-electron chi connectivity index (χ3n) is 6.65. The van der Waals surface area contributed by atoms with Gasteiger partial charge in [0.15, 0.2) is 0 Å². The highest BCUT2D eigenvalue weighted by molar-refractivity contribution is 6.32. The summed E-state index contributed by atoms with van der Waals surface area (Å²) in [5, 5.41) is 0. The first-order chi connectivity index (χ1) is 14.4. The Hall–Kier alpha value is -2.41. The van der Waals surface area contributed by atoms with Crippen LogP contribution in [-0.2, 0) is 20.9 Å². The molecule has 1 amide bonds. The molecule has 162 valence electrons. The Morgan fingerprint density at radius 1 is 1.17 bits per heavy atom. The number of imidazole rings is 1. The highest BCUT2D eigenvalue weighted by Gasteiger charge is 2.35. The highest BCUT2D eigenvalue weighted by Crippen LogP contribution is 2.36. The van der Waals surface area contributed by atoms with E-state index in [0.29, 0.717) is 12.5 Å². The molecule has 30 heavy (non-hydrogen) atoms. The summed E-state index contributed by atoms with van der Waals surface area (Å²) < 4.78 is 7.30. The van der Waals surface area contributed by atoms with Crippen LogP contribution in [0.15, 0.2) is 18.2 Å². The number of aromatic nitrogens is 2. The van der Waals surface area contributed by atoms with Gasteiger partial charge in [0, 0.05) is 19.6 Å². The first-order valence-corrected chi connectivity index (χ1v) is 11.2. The van der Waals surface area contributed by atoms with Crippen molar-refractivity contribution in [3.05, 3.63) is 29.6 Å². The minimum absolute atomic E-state index is 0.120. The van der Waals surface area contributed by atoms with Crippen molar-refractivity contribution in [2.24, 2.45) is 5.92 Å². The van der Waals surface area contributed by atoms with Gasteiger partial charge in [0.2, 0.25) is 0 Å². The molecule has 0 spiro atoms. The van der Waals surface area contributed by atoms with E-state index < -0.39 is 11.9 Å². The number of carbonyl (C=O) groups excluding carboxylic acids is 2. The first kappa shape index (κ1) is 20.8. The van der Waals surface area contributed by atoms with Gasteiger partial charge in [-0.2, -0.15) is 0 Å². The summed E-state index contributed by atoms with van der Waals surface area (Å²) in [6, 6.07) is 6.50. The highest BCUT2D eigenvalue weighted by atomic mass is 16.5. The van der Waals surface area contributed by atoms with Crippen molar-refractivity contribution >= 4 is 22.9 Å². The second kappa shape index (κ2) is 8.38. The van der Waals surface area contributed by atoms with E-state index in [2.05, 4.69) is 48.4 Å². The molecule has 0 aliphatic carbocycles. The molecule has 4 rings (SSSR count). The molecule has 2 aromatic rings. The number of likely N-dealkylation sites (N-methyl/N-ethyl adjacent to an activating group) is 1. The minimum atomic E-state index is -0.761. The number of hydrogen-bond donors (Lipinski definition) is 0. The molecule has 2 aliphatic heterocycles. The zero-order valence-electron chi connectivity index (χ0n) is 18.4. The van der Waals surface area contributed by atoms with E-state index in [0.717, 1.165) is 54.9 Å². The van der Waals surface area contributed by atoms with Gasteiger partial charge in [-0.1, -0.05) is 19.9 Å². The van der Waals surface area contributed by atoms with Crippen molar-refractivity contribution in [3.63, 3.8) is 0 Å². The second-order valence-corrected chi connectivity index (χ2v) is 8.55. The number of likely N-dealkylation sites (tertiary alicyclic amines) is 1. The number of esters is 1. The molecule has 3 atom stereocenters. The molecule has 1 aromatic carbocycles. The lowest BCUT2D eigenvalue weighted by Gasteiger charge is -2.38. The molecule has 0 radical (unpaired) electrons. The molecule has 1 fully saturated rings. The standard InChI is InChI=1S/C23H32N4O3/c1-5-25-11-12-26-20-10-8-17(13-18(20)24-21(26)16(25)4)19-9-7-15(3)14-27(19)22(28)23(29)30-6-2/h8,10,13,15-16,19H,5-7,9,11-12,14H2,1-4H3/t15-,16-,19?/m0/s1. The molecule has 0 saturated carbocycles. The molecule has 7 heteroatoms. The van der Waals surface area contributed by atoms with Crippen LogP contribution in [0.3, 0.4) is 0 Å². The lowest BCUT2D eigenvalue weighted by molar-refractivity contribution is -0.162. The SMILES string of the molecule is CCOC(=O)C(=O)N1C[C@@H](C)CCC1c1ccc2c(c1)nc1n2CCN(CC)[C@H]1C. The fraction of sp³-hybridized carbons (Fsp3) is 0.609. The number of benzene rings is 1. The largest absolute Gasteiger partial charge is 0.459 e. The van der Waals surface area contributed by atoms with Crippen molar-refractivity contribution in [1.29, 1.82) is 0 Å². The van der Waals surface area contributed by atoms with Gasteiger partial charge in [0.1, 0.15) is 5.82 Å². The minimum Gasteiger partial charge on any atom is -0.459 e. The number of carbonyl (C=O) groups is 2. The Morgan fingerprint density at radius 2 is 1.97 bits per heavy atom. The maximum absolute atomic E-state index is 12.8. The molecular weight excluding hydrogens is 380 g/mol. The van der Waals surface area contributed by atoms with Crippen LogP contribution in [-0.4, -0.2) is 57.5 Å². The van der Waals surface area contributed by atoms with Gasteiger partial charge in [-0.15, -0.1) is 0 Å². The molecule has 1 unspecified atom stereocenters. The van der Waals surface area contributed by atoms with E-state index in [1.165, 1.54) is 0 Å². The summed E-state index contributed by atoms with van der Waals surface area (Å²) in [6.45, 7) is 12.0. The fourth-order valence-electron chi connectivity index (χ4n) is 4.98. The van der Waals surface area contributed by atoms with Crippen LogP contribution in [0.5, 0.6) is 0 Å². The van der Waals surface area contributed by atoms with Crippen LogP contribution < -0.4 is 0 Å². The van der Waals surface area contributed by atoms with Gasteiger partial charge in [-0.25, -0.2) is 9.78 Å². The van der Waals surface area contributed by atoms with Crippen molar-refractivity contribution in [2.45, 2.75) is 59.2 Å². The summed E-state index contributed by atoms with van der Waals surface area (Å²) in [5.41, 5.74) is 3.15. The third-order valence-corrected chi connectivity index (χ3v) is 6.65. The smallest absolute Gasteiger partial charge is 0.397 e. The first-order valence-electron chi connectivity index (χ1n) is 11.2. The number of hydrogen-bond acceptors (Lipinski definition) is 5. The maximum atomic E-state index is 12.8. The van der Waals surface area contributed by atoms with E-state index in [1.807, 2.05) is 0 Å². The van der Waals surface area contributed by atoms with E-state index >= 15 is 0 Å². The Bertz CT molecular complexity index is 953. The average Bonchev–Trinajstić information content (AvgIpc) is 3.12. The third kappa shape index (κ3) is 3.60. The zero-order chi connectivity index (χ0) is 21.4. The van der Waals surface area contributed by atoms with Gasteiger partial charge in [-0.3, -0.25) is 9.69 Å². The van der Waals surface area contributed by atoms with Gasteiger partial charge < -0.3 is 14.2 Å². The Kier molecular flexibility index (Phi) is 5.82. The predicted octanol–water partition coefficient (Wildman–Crippen LogP) is 3.30. The number of nitrogens with zero attached hydrogens (tertiary/aromatic N) is 4. The average molecular weight is 413 g/mol. The molecule has 0 bridgehead atoms. The van der Waals surface area contributed by atoms with Crippen LogP contribution in [0, 0.1) is 5.92 Å². The monoisotopic (exact) mass is 412 g/mol. The molecule has 7 nitrogen and oxygen atoms in total. The van der Waals surface area contributed by atoms with Gasteiger partial charge in [-0.05, 0) is 56.8 Å². The lowest BCUT2D eigenvalue weighted by atomic mass is 9.89. The van der Waals surface area contributed by atoms with Crippen LogP contribution in [0.4, 0.5) is 0 Å². The van der Waals surface area contributed by atoms with E-state index in [-0.39, 0.29) is 18.7 Å². The quantitative estimate of drug-likeness (QED) is 0.572. The molecule has 0 N–H and O–H groups in total. The lowest BCUT2D eigenvalue weighted by Crippen LogP contribution is -2.45. The van der Waals surface area contributed by atoms with Gasteiger partial charge in [0.25, 0.3) is 0 Å². The predicted molar refractivity (Wildman–Crippen MR) is 115 cm³/mol. The number of ether oxygens (including phenoxy) is 1. The van der Waals surface area contributed by atoms with Crippen molar-refractivity contribution < 1.29 is 14.3 Å². The molecule has 3 heterocycles. The van der Waals surface area contributed by atoms with E-state index in [1.54, 1.807) is 11.8 Å². The summed E-state index contributed by atoms with van der Waals surface area (Å²) in [5.74, 6) is 0.171. The van der Waals surface area contributed by atoms with Crippen LogP contribution in [0.1, 0.15) is 64.0 Å². The van der Waals surface area contributed by atoms with Crippen LogP contribution >= 0.6 is 0 Å². The summed E-state index contributed by atoms with van der Waals surface area (Å²) in [4.78, 5) is 34.0. The van der Waals surface area contributed by atoms with E-state index in [9.17, 15) is 9.59 Å². The van der Waals surface area contributed by atoms with E-state index in [4.69, 9.17) is 9.72 Å². The Labute approximate surface area is 178 Å². The van der Waals surface area contributed by atoms with Crippen LogP contribution in [0.2, 0.25) is 0 Å². The van der Waals surface area contributed by atoms with Crippen molar-refractivity contribution in [1.82, 2.24) is 19.4 Å². The fourth-order valence-corrected chi connectivity index (χ4v) is 4.98. The van der Waals surface area contributed by atoms with Crippen LogP contribution in [0.25, 0.3) is 11.0 Å². The molecular formula is C23H32N4O3. The Balaban J connectivity index is 1.67. The molecule has 1 saturated heterocycles. The maximum Gasteiger partial charge on any atom is 0.397 e. The van der Waals surface area contributed by atoms with Crippen molar-refractivity contribution in [2.75, 3.05) is 26.2 Å². The number of rotatable bonds is 3. The summed E-state index contributed by atoms with van der Waals surface area (Å²) in [7, 11) is 0. The number of amides is 1. The van der Waals surface area contributed by atoms with Gasteiger partial charge in [0.05, 0.1) is 29.7 Å². The normalized spacial score (nSPS) is 24.7. The molecule has 1 aromatic heterocycles. The van der Waals surface area contributed by atoms with Crippen molar-refractivity contribution in [3.8, 4) is 0 Å².